The number of aromatic nitrogens is 1. The van der Waals surface area contributed by atoms with Gasteiger partial charge in [0.25, 0.3) is 11.1 Å². The van der Waals surface area contributed by atoms with Gasteiger partial charge in [0.2, 0.25) is 0 Å². The molecule has 2 aromatic heterocycles. The highest BCUT2D eigenvalue weighted by Gasteiger charge is 2.05. The summed E-state index contributed by atoms with van der Waals surface area (Å²) in [6.45, 7) is 0. The molecule has 4 heteroatoms. The number of hydrogen-bond donors (Lipinski definition) is 1. The third-order valence-electron chi connectivity index (χ3n) is 1.94. The Morgan fingerprint density at radius 1 is 1.23 bits per heavy atom. The maximum Gasteiger partial charge on any atom is 0.261 e. The molecule has 1 aromatic carbocycles. The second-order valence-electron chi connectivity index (χ2n) is 2.70. The first-order valence-electron chi connectivity index (χ1n) is 3.76. The number of benzene rings is 1. The van der Waals surface area contributed by atoms with Crippen molar-refractivity contribution in [2.75, 3.05) is 7.11 Å². The van der Waals surface area contributed by atoms with Crippen LogP contribution in [0.1, 0.15) is 0 Å². The van der Waals surface area contributed by atoms with Crippen LogP contribution in [0.3, 0.4) is 0 Å². The Bertz CT molecular complexity index is 544. The van der Waals surface area contributed by atoms with Crippen LogP contribution in [0.5, 0.6) is 5.75 Å². The number of rotatable bonds is 1. The predicted molar refractivity (Wildman–Crippen MR) is 48.6 cm³/mol. The molecular weight excluding hydrogens is 170 g/mol. The van der Waals surface area contributed by atoms with Gasteiger partial charge in [0.05, 0.1) is 12.5 Å². The van der Waals surface area contributed by atoms with E-state index in [1.807, 2.05) is 0 Å². The Balaban J connectivity index is 3.10. The molecule has 0 saturated heterocycles. The molecule has 1 N–H and O–H groups in total. The first-order valence-corrected chi connectivity index (χ1v) is 3.76. The second kappa shape index (κ2) is 2.58. The van der Waals surface area contributed by atoms with Crippen molar-refractivity contribution in [1.82, 2.24) is 4.98 Å². The van der Waals surface area contributed by atoms with Crippen LogP contribution in [0.2, 0.25) is 0 Å². The van der Waals surface area contributed by atoms with E-state index in [0.29, 0.717) is 16.5 Å². The van der Waals surface area contributed by atoms with E-state index in [-0.39, 0.29) is 5.56 Å². The molecule has 0 aliphatic rings. The van der Waals surface area contributed by atoms with Crippen LogP contribution in [0.4, 0.5) is 0 Å². The van der Waals surface area contributed by atoms with E-state index in [1.54, 1.807) is 18.2 Å². The minimum absolute atomic E-state index is 0.386. The number of fused-ring (bicyclic) bond motifs is 4. The van der Waals surface area contributed by atoms with E-state index in [2.05, 4.69) is 4.98 Å². The summed E-state index contributed by atoms with van der Waals surface area (Å²) in [5.41, 5.74) is -0.801. The summed E-state index contributed by atoms with van der Waals surface area (Å²) in [6, 6.07) is 4.72. The number of nitrogens with one attached hydrogen (secondary N) is 1. The largest absolute Gasteiger partial charge is 0.496 e. The average Bonchev–Trinajstić information content (AvgIpc) is 2.34. The fourth-order valence-electron chi connectivity index (χ4n) is 1.26. The van der Waals surface area contributed by atoms with E-state index in [9.17, 15) is 9.59 Å². The molecule has 0 radical (unpaired) electrons. The van der Waals surface area contributed by atoms with Crippen molar-refractivity contribution < 1.29 is 4.74 Å². The van der Waals surface area contributed by atoms with Crippen LogP contribution in [0.25, 0.3) is 10.8 Å². The summed E-state index contributed by atoms with van der Waals surface area (Å²) in [5.74, 6) is 0.431. The van der Waals surface area contributed by atoms with Gasteiger partial charge in [-0.15, -0.1) is 0 Å². The molecule has 3 rings (SSSR count). The van der Waals surface area contributed by atoms with Crippen molar-refractivity contribution in [3.05, 3.63) is 38.9 Å². The fourth-order valence-corrected chi connectivity index (χ4v) is 1.26. The van der Waals surface area contributed by atoms with Gasteiger partial charge >= 0.3 is 0 Å². The van der Waals surface area contributed by atoms with Gasteiger partial charge in [-0.25, -0.2) is 0 Å². The first-order chi connectivity index (χ1) is 6.22. The maximum atomic E-state index is 11.3. The van der Waals surface area contributed by atoms with E-state index < -0.39 is 5.56 Å². The highest BCUT2D eigenvalue weighted by molar-refractivity contribution is 5.72. The zero-order valence-electron chi connectivity index (χ0n) is 6.96. The number of hydrogen-bond acceptors (Lipinski definition) is 3. The molecule has 13 heavy (non-hydrogen) atoms. The molecule has 2 bridgehead atoms. The van der Waals surface area contributed by atoms with Gasteiger partial charge in [-0.1, -0.05) is 0 Å². The van der Waals surface area contributed by atoms with Gasteiger partial charge in [-0.2, -0.15) is 0 Å². The van der Waals surface area contributed by atoms with Crippen LogP contribution in [-0.4, -0.2) is 12.1 Å². The number of ether oxygens (including phenoxy) is 1. The molecule has 0 spiro atoms. The zero-order chi connectivity index (χ0) is 9.42. The lowest BCUT2D eigenvalue weighted by atomic mass is 10.2. The Kier molecular flexibility index (Phi) is 1.55. The van der Waals surface area contributed by atoms with Crippen molar-refractivity contribution in [3.8, 4) is 5.75 Å². The third kappa shape index (κ3) is 1.07. The summed E-state index contributed by atoms with van der Waals surface area (Å²) in [4.78, 5) is 24.7. The number of aromatic amines is 1. The van der Waals surface area contributed by atoms with Crippen LogP contribution in [-0.2, 0) is 0 Å². The molecule has 0 saturated carbocycles. The molecule has 4 nitrogen and oxygen atoms in total. The predicted octanol–water partition coefficient (Wildman–Crippen LogP) is 0.335. The average molecular weight is 177 g/mol. The monoisotopic (exact) mass is 177 g/mol. The quantitative estimate of drug-likeness (QED) is 0.683. The first kappa shape index (κ1) is 7.79. The van der Waals surface area contributed by atoms with Gasteiger partial charge in [0, 0.05) is 5.39 Å². The van der Waals surface area contributed by atoms with Crippen molar-refractivity contribution in [3.63, 3.8) is 0 Å². The highest BCUT2D eigenvalue weighted by Crippen LogP contribution is 2.17. The van der Waals surface area contributed by atoms with Crippen molar-refractivity contribution in [2.45, 2.75) is 0 Å². The Labute approximate surface area is 73.1 Å². The minimum atomic E-state index is -0.415. The third-order valence-corrected chi connectivity index (χ3v) is 1.94. The molecule has 3 aromatic rings. The van der Waals surface area contributed by atoms with Crippen LogP contribution >= 0.6 is 0 Å². The Hall–Kier alpha value is -1.84. The number of methoxy groups -OCH3 is 1. The van der Waals surface area contributed by atoms with Gasteiger partial charge < -0.3 is 4.74 Å². The Morgan fingerprint density at radius 3 is 2.69 bits per heavy atom. The molecule has 0 aliphatic carbocycles. The molecule has 0 fully saturated rings. The molecule has 66 valence electrons. The SMILES string of the molecule is COc1cc2ccc1c(=O)[nH]c2=O. The summed E-state index contributed by atoms with van der Waals surface area (Å²) in [5, 5.41) is 0.823. The van der Waals surface area contributed by atoms with Crippen molar-refractivity contribution in [2.24, 2.45) is 0 Å². The maximum absolute atomic E-state index is 11.3. The number of H-pyrrole nitrogens is 1. The summed E-state index contributed by atoms with van der Waals surface area (Å²) >= 11 is 0. The summed E-state index contributed by atoms with van der Waals surface area (Å²) in [7, 11) is 1.46. The topological polar surface area (TPSA) is 59.2 Å². The molecular formula is C9H7NO3. The van der Waals surface area contributed by atoms with Crippen LogP contribution in [0, 0.1) is 0 Å². The zero-order valence-corrected chi connectivity index (χ0v) is 6.96. The molecule has 0 amide bonds. The van der Waals surface area contributed by atoms with Gasteiger partial charge in [0.1, 0.15) is 5.75 Å². The van der Waals surface area contributed by atoms with E-state index >= 15 is 0 Å². The molecule has 0 aliphatic heterocycles. The molecule has 0 unspecified atom stereocenters. The standard InChI is InChI=1S/C9H7NO3/c1-13-7-4-5-2-3-6(7)9(12)10-8(5)11/h2-4H,1H3,(H,10,11,12). The smallest absolute Gasteiger partial charge is 0.261 e. The van der Waals surface area contributed by atoms with E-state index in [1.165, 1.54) is 7.11 Å². The molecule has 0 atom stereocenters. The summed E-state index contributed by atoms with van der Waals surface area (Å²) < 4.78 is 4.96. The van der Waals surface area contributed by atoms with Crippen LogP contribution < -0.4 is 15.9 Å². The lowest BCUT2D eigenvalue weighted by Crippen LogP contribution is -2.12. The second-order valence-corrected chi connectivity index (χ2v) is 2.70. The fraction of sp³-hybridized carbons (Fsp3) is 0.111. The normalized spacial score (nSPS) is 10.5. The minimum Gasteiger partial charge on any atom is -0.496 e. The highest BCUT2D eigenvalue weighted by atomic mass is 16.5. The van der Waals surface area contributed by atoms with Gasteiger partial charge in [-0.05, 0) is 18.2 Å². The van der Waals surface area contributed by atoms with Crippen molar-refractivity contribution in [1.29, 1.82) is 0 Å². The van der Waals surface area contributed by atoms with Crippen LogP contribution in [0.15, 0.2) is 27.8 Å². The summed E-state index contributed by atoms with van der Waals surface area (Å²) in [6.07, 6.45) is 0. The lowest BCUT2D eigenvalue weighted by Gasteiger charge is -1.97. The van der Waals surface area contributed by atoms with Gasteiger partial charge in [-0.3, -0.25) is 14.6 Å². The van der Waals surface area contributed by atoms with Gasteiger partial charge in [0.15, 0.2) is 0 Å². The molecule has 2 heterocycles. The lowest BCUT2D eigenvalue weighted by molar-refractivity contribution is 0.420. The van der Waals surface area contributed by atoms with E-state index in [4.69, 9.17) is 4.74 Å². The van der Waals surface area contributed by atoms with E-state index in [0.717, 1.165) is 0 Å². The Morgan fingerprint density at radius 2 is 2.00 bits per heavy atom. The van der Waals surface area contributed by atoms with Crippen molar-refractivity contribution >= 4 is 10.8 Å².